The second-order valence-corrected chi connectivity index (χ2v) is 7.43. The van der Waals surface area contributed by atoms with E-state index in [-0.39, 0.29) is 22.5 Å². The van der Waals surface area contributed by atoms with E-state index < -0.39 is 61.4 Å². The van der Waals surface area contributed by atoms with Gasteiger partial charge >= 0.3 is 0 Å². The Kier molecular flexibility index (Phi) is 3.44. The first-order chi connectivity index (χ1) is 18.6. The largest absolute Gasteiger partial charge is 0.493 e. The maximum Gasteiger partial charge on any atom is 0.163 e. The molecule has 1 aromatic carbocycles. The predicted molar refractivity (Wildman–Crippen MR) is 116 cm³/mol. The Morgan fingerprint density at radius 3 is 3.07 bits per heavy atom. The minimum absolute atomic E-state index is 0.0321. The topological polar surface area (TPSA) is 68.3 Å². The Bertz CT molecular complexity index is 1290. The van der Waals surface area contributed by atoms with Crippen molar-refractivity contribution in [1.82, 2.24) is 15.3 Å². The number of nitrogens with zero attached hydrogens (tertiary/aromatic N) is 2. The second kappa shape index (κ2) is 9.43. The molecular weight excluding hydrogens is 439 g/mol. The molecule has 3 unspecified atom stereocenters. The van der Waals surface area contributed by atoms with Crippen LogP contribution < -0.4 is 20.1 Å². The molecule has 0 spiro atoms. The van der Waals surface area contributed by atoms with E-state index in [2.05, 4.69) is 36.5 Å². The maximum atomic E-state index is 15.6. The number of ether oxygens (including phenoxy) is 2. The van der Waals surface area contributed by atoms with Gasteiger partial charge < -0.3 is 20.1 Å². The SMILES string of the molecule is [2H]C([2H])([2H])Oc1cc2c(NC3C(F)C([2H])([2H])C([2H])(Br)C([2H])([2H])C3([2H])[2H])ncnc2cc1OC([2H])([2H])C1CCNCC1. The highest BCUT2D eigenvalue weighted by Crippen LogP contribution is 2.36. The van der Waals surface area contributed by atoms with E-state index in [1.54, 1.807) is 0 Å². The van der Waals surface area contributed by atoms with Gasteiger partial charge in [-0.1, -0.05) is 15.9 Å². The van der Waals surface area contributed by atoms with Gasteiger partial charge in [0.15, 0.2) is 11.5 Å². The van der Waals surface area contributed by atoms with Crippen LogP contribution in [-0.4, -0.2) is 53.7 Å². The summed E-state index contributed by atoms with van der Waals surface area (Å²) in [5, 5.41) is 5.49. The molecule has 1 saturated heterocycles. The fourth-order valence-electron chi connectivity index (χ4n) is 3.14. The maximum absolute atomic E-state index is 15.6. The molecule has 2 N–H and O–H groups in total. The zero-order valence-corrected chi connectivity index (χ0v) is 16.8. The fourth-order valence-corrected chi connectivity index (χ4v) is 3.47. The van der Waals surface area contributed by atoms with Crippen molar-refractivity contribution in [1.29, 1.82) is 0 Å². The lowest BCUT2D eigenvalue weighted by molar-refractivity contribution is 0.208. The lowest BCUT2D eigenvalue weighted by atomic mass is 9.93. The number of fused-ring (bicyclic) bond motifs is 1. The van der Waals surface area contributed by atoms with Crippen LogP contribution in [0.1, 0.15) is 48.4 Å². The Morgan fingerprint density at radius 1 is 1.38 bits per heavy atom. The third kappa shape index (κ3) is 4.91. The molecule has 0 radical (unpaired) electrons. The zero-order chi connectivity index (χ0) is 30.8. The number of hydrogen-bond acceptors (Lipinski definition) is 6. The molecule has 4 rings (SSSR count). The molecule has 1 aliphatic carbocycles. The van der Waals surface area contributed by atoms with Crippen LogP contribution >= 0.6 is 15.9 Å². The number of methoxy groups -OCH3 is 1. The van der Waals surface area contributed by atoms with Gasteiger partial charge in [0, 0.05) is 25.9 Å². The van der Waals surface area contributed by atoms with Crippen LogP contribution in [0.5, 0.6) is 11.5 Å². The van der Waals surface area contributed by atoms with Crippen LogP contribution in [0, 0.1) is 5.92 Å². The monoisotopic (exact) mass is 478 g/mol. The number of benzene rings is 1. The lowest BCUT2D eigenvalue weighted by Gasteiger charge is -2.30. The van der Waals surface area contributed by atoms with Crippen LogP contribution in [0.4, 0.5) is 10.2 Å². The van der Waals surface area contributed by atoms with Crippen molar-refractivity contribution in [3.05, 3.63) is 18.5 Å². The molecule has 3 atom stereocenters. The van der Waals surface area contributed by atoms with Gasteiger partial charge in [0.05, 0.1) is 32.0 Å². The van der Waals surface area contributed by atoms with Crippen LogP contribution in [0.2, 0.25) is 0 Å². The fraction of sp³-hybridized carbons (Fsp3) is 0.619. The molecular formula is C21H28BrFN4O2. The quantitative estimate of drug-likeness (QED) is 0.609. The molecule has 29 heavy (non-hydrogen) atoms. The standard InChI is InChI=1S/C21H28BrFN4O2/c1-28-19-9-15-18(10-20(19)29-11-13-4-6-24-7-5-13)25-12-26-21(15)27-17-3-2-14(22)8-16(17)23/h9-10,12-14,16-17,24H,2-8,11H2,1H3,(H,25,26,27)/i1D3,2D2,3D2,8D2,11D2,14D. The summed E-state index contributed by atoms with van der Waals surface area (Å²) in [7, 11) is -3.00. The molecule has 1 saturated carbocycles. The molecule has 2 fully saturated rings. The van der Waals surface area contributed by atoms with Crippen LogP contribution in [-0.2, 0) is 0 Å². The number of hydrogen-bond donors (Lipinski definition) is 2. The molecule has 1 aromatic heterocycles. The molecule has 158 valence electrons. The van der Waals surface area contributed by atoms with Gasteiger partial charge in [0.1, 0.15) is 18.3 Å². The average Bonchev–Trinajstić information content (AvgIpc) is 2.85. The van der Waals surface area contributed by atoms with Crippen LogP contribution in [0.15, 0.2) is 18.5 Å². The summed E-state index contributed by atoms with van der Waals surface area (Å²) < 4.78 is 123. The molecule has 1 aliphatic heterocycles. The first-order valence-electron chi connectivity index (χ1n) is 15.1. The minimum Gasteiger partial charge on any atom is -0.493 e. The molecule has 2 heterocycles. The lowest BCUT2D eigenvalue weighted by Crippen LogP contribution is -2.37. The van der Waals surface area contributed by atoms with Crippen molar-refractivity contribution in [3.63, 3.8) is 0 Å². The smallest absolute Gasteiger partial charge is 0.163 e. The van der Waals surface area contributed by atoms with Gasteiger partial charge in [-0.15, -0.1) is 0 Å². The van der Waals surface area contributed by atoms with E-state index in [0.29, 0.717) is 25.9 Å². The van der Waals surface area contributed by atoms with Crippen LogP contribution in [0.25, 0.3) is 10.9 Å². The first-order valence-corrected chi connectivity index (χ1v) is 9.90. The number of anilines is 1. The van der Waals surface area contributed by atoms with E-state index in [4.69, 9.17) is 25.9 Å². The van der Waals surface area contributed by atoms with Crippen molar-refractivity contribution in [3.8, 4) is 11.5 Å². The molecule has 2 aliphatic rings. The Balaban J connectivity index is 1.79. The highest BCUT2D eigenvalue weighted by molar-refractivity contribution is 9.09. The summed E-state index contributed by atoms with van der Waals surface area (Å²) in [5.41, 5.74) is 0.0321. The summed E-state index contributed by atoms with van der Waals surface area (Å²) in [6.07, 6.45) is -10.4. The summed E-state index contributed by atoms with van der Waals surface area (Å²) in [6, 6.07) is 0.0845. The van der Waals surface area contributed by atoms with E-state index in [9.17, 15) is 0 Å². The molecule has 2 aromatic rings. The van der Waals surface area contributed by atoms with Crippen molar-refractivity contribution in [2.75, 3.05) is 32.0 Å². The summed E-state index contributed by atoms with van der Waals surface area (Å²) in [6.45, 7) is -1.07. The third-order valence-corrected chi connectivity index (χ3v) is 5.10. The number of piperidine rings is 1. The number of nitrogens with one attached hydrogen (secondary N) is 2. The van der Waals surface area contributed by atoms with Crippen molar-refractivity contribution < 1.29 is 30.3 Å². The van der Waals surface area contributed by atoms with Gasteiger partial charge in [-0.2, -0.15) is 0 Å². The van der Waals surface area contributed by atoms with E-state index in [1.165, 1.54) is 6.07 Å². The molecule has 8 heteroatoms. The third-order valence-electron chi connectivity index (χ3n) is 4.67. The van der Waals surface area contributed by atoms with Gasteiger partial charge in [-0.25, -0.2) is 14.4 Å². The number of halogens is 2. The Morgan fingerprint density at radius 2 is 2.24 bits per heavy atom. The zero-order valence-electron chi connectivity index (χ0n) is 27.3. The second-order valence-electron chi connectivity index (χ2n) is 6.64. The number of aromatic nitrogens is 2. The summed E-state index contributed by atoms with van der Waals surface area (Å²) in [4.78, 5) is 5.07. The molecule has 6 nitrogen and oxygen atoms in total. The number of rotatable bonds is 6. The normalized spacial score (nSPS) is 40.5. The highest BCUT2D eigenvalue weighted by atomic mass is 79.9. The molecule has 0 bridgehead atoms. The summed E-state index contributed by atoms with van der Waals surface area (Å²) in [5.74, 6) is -1.55. The Hall–Kier alpha value is -1.67. The van der Waals surface area contributed by atoms with Crippen molar-refractivity contribution in [2.45, 2.75) is 49.0 Å². The molecule has 0 amide bonds. The van der Waals surface area contributed by atoms with Crippen molar-refractivity contribution >= 4 is 32.7 Å². The summed E-state index contributed by atoms with van der Waals surface area (Å²) >= 11 is 2.57. The van der Waals surface area contributed by atoms with E-state index >= 15 is 4.39 Å². The Labute approximate surface area is 196 Å². The van der Waals surface area contributed by atoms with E-state index in [1.807, 2.05) is 0 Å². The van der Waals surface area contributed by atoms with Crippen LogP contribution in [0.3, 0.4) is 0 Å². The van der Waals surface area contributed by atoms with Crippen molar-refractivity contribution in [2.24, 2.45) is 5.92 Å². The van der Waals surface area contributed by atoms with Gasteiger partial charge in [0.25, 0.3) is 0 Å². The predicted octanol–water partition coefficient (Wildman–Crippen LogP) is 4.08. The van der Waals surface area contributed by atoms with Gasteiger partial charge in [-0.05, 0) is 57.0 Å². The first kappa shape index (κ1) is 10.6. The average molecular weight is 479 g/mol. The van der Waals surface area contributed by atoms with Gasteiger partial charge in [-0.3, -0.25) is 0 Å². The number of alkyl halides is 2. The minimum atomic E-state index is -3.25. The van der Waals surface area contributed by atoms with E-state index in [0.717, 1.165) is 12.4 Å². The highest BCUT2D eigenvalue weighted by Gasteiger charge is 2.30. The van der Waals surface area contributed by atoms with Gasteiger partial charge in [0.2, 0.25) is 0 Å².